The maximum Gasteiger partial charge on any atom is 0.234 e. The number of nitrogens with zero attached hydrogens (tertiary/aromatic N) is 1. The molecule has 0 fully saturated rings. The summed E-state index contributed by atoms with van der Waals surface area (Å²) in [6, 6.07) is 0. The van der Waals surface area contributed by atoms with Crippen LogP contribution in [0.4, 0.5) is 0 Å². The molecule has 102 valence electrons. The van der Waals surface area contributed by atoms with Crippen molar-refractivity contribution in [1.82, 2.24) is 10.2 Å². The molecule has 0 aromatic rings. The van der Waals surface area contributed by atoms with E-state index in [-0.39, 0.29) is 16.9 Å². The molecule has 0 aromatic carbocycles. The van der Waals surface area contributed by atoms with E-state index in [4.69, 9.17) is 5.73 Å². The zero-order valence-corrected chi connectivity index (χ0v) is 12.3. The number of hydrogen-bond acceptors (Lipinski definition) is 3. The standard InChI is InChI=1S/C13H29N3O/c1-7-13(4,5)15-11(17)8-16(6)10-12(2,3)9-14/h7-10,14H2,1-6H3,(H,15,17). The lowest BCUT2D eigenvalue weighted by molar-refractivity contribution is -0.123. The van der Waals surface area contributed by atoms with Crippen LogP contribution in [0.5, 0.6) is 0 Å². The Morgan fingerprint density at radius 3 is 2.24 bits per heavy atom. The minimum atomic E-state index is -0.124. The molecule has 1 amide bonds. The van der Waals surface area contributed by atoms with E-state index in [2.05, 4.69) is 26.1 Å². The maximum absolute atomic E-state index is 11.8. The van der Waals surface area contributed by atoms with Crippen LogP contribution >= 0.6 is 0 Å². The average molecular weight is 243 g/mol. The van der Waals surface area contributed by atoms with E-state index < -0.39 is 0 Å². The fourth-order valence-electron chi connectivity index (χ4n) is 1.60. The second-order valence-electron chi connectivity index (χ2n) is 6.33. The Hall–Kier alpha value is -0.610. The molecule has 0 saturated heterocycles. The monoisotopic (exact) mass is 243 g/mol. The molecule has 4 heteroatoms. The van der Waals surface area contributed by atoms with Crippen LogP contribution in [0.3, 0.4) is 0 Å². The van der Waals surface area contributed by atoms with Crippen molar-refractivity contribution < 1.29 is 4.79 Å². The highest BCUT2D eigenvalue weighted by molar-refractivity contribution is 5.78. The highest BCUT2D eigenvalue weighted by Crippen LogP contribution is 2.13. The molecule has 0 saturated carbocycles. The summed E-state index contributed by atoms with van der Waals surface area (Å²) in [7, 11) is 1.95. The van der Waals surface area contributed by atoms with Crippen LogP contribution in [0.25, 0.3) is 0 Å². The maximum atomic E-state index is 11.8. The van der Waals surface area contributed by atoms with Gasteiger partial charge >= 0.3 is 0 Å². The molecule has 0 spiro atoms. The minimum absolute atomic E-state index is 0.0509. The fourth-order valence-corrected chi connectivity index (χ4v) is 1.60. The average Bonchev–Trinajstić information content (AvgIpc) is 2.15. The van der Waals surface area contributed by atoms with Crippen LogP contribution in [0, 0.1) is 5.41 Å². The summed E-state index contributed by atoms with van der Waals surface area (Å²) >= 11 is 0. The second kappa shape index (κ2) is 6.36. The fraction of sp³-hybridized carbons (Fsp3) is 0.923. The molecule has 3 N–H and O–H groups in total. The van der Waals surface area contributed by atoms with Gasteiger partial charge in [-0.1, -0.05) is 20.8 Å². The number of carbonyl (C=O) groups is 1. The Morgan fingerprint density at radius 2 is 1.82 bits per heavy atom. The van der Waals surface area contributed by atoms with E-state index in [0.29, 0.717) is 13.1 Å². The molecule has 4 nitrogen and oxygen atoms in total. The number of carbonyl (C=O) groups excluding carboxylic acids is 1. The van der Waals surface area contributed by atoms with Crippen LogP contribution in [0.15, 0.2) is 0 Å². The number of likely N-dealkylation sites (N-methyl/N-ethyl adjacent to an activating group) is 1. The van der Waals surface area contributed by atoms with Gasteiger partial charge in [-0.05, 0) is 39.3 Å². The van der Waals surface area contributed by atoms with Gasteiger partial charge in [-0.25, -0.2) is 0 Å². The molecular formula is C13H29N3O. The van der Waals surface area contributed by atoms with Crippen LogP contribution < -0.4 is 11.1 Å². The van der Waals surface area contributed by atoms with E-state index in [9.17, 15) is 4.79 Å². The molecule has 0 heterocycles. The Bertz CT molecular complexity index is 249. The lowest BCUT2D eigenvalue weighted by atomic mass is 9.93. The van der Waals surface area contributed by atoms with Crippen molar-refractivity contribution in [1.29, 1.82) is 0 Å². The third-order valence-electron chi connectivity index (χ3n) is 3.03. The molecule has 17 heavy (non-hydrogen) atoms. The van der Waals surface area contributed by atoms with Gasteiger partial charge in [-0.2, -0.15) is 0 Å². The molecule has 0 aliphatic rings. The molecule has 0 aromatic heterocycles. The molecule has 0 rings (SSSR count). The summed E-state index contributed by atoms with van der Waals surface area (Å²) in [6.45, 7) is 12.2. The van der Waals surface area contributed by atoms with Crippen molar-refractivity contribution in [3.63, 3.8) is 0 Å². The van der Waals surface area contributed by atoms with E-state index in [1.54, 1.807) is 0 Å². The van der Waals surface area contributed by atoms with Crippen LogP contribution in [0.2, 0.25) is 0 Å². The van der Waals surface area contributed by atoms with Gasteiger partial charge in [0.15, 0.2) is 0 Å². The Labute approximate surface area is 106 Å². The summed E-state index contributed by atoms with van der Waals surface area (Å²) in [5.74, 6) is 0.0761. The summed E-state index contributed by atoms with van der Waals surface area (Å²) in [5, 5.41) is 3.03. The van der Waals surface area contributed by atoms with Gasteiger partial charge in [-0.3, -0.25) is 9.69 Å². The Kier molecular flexibility index (Phi) is 6.13. The first-order chi connectivity index (χ1) is 7.62. The molecule has 0 unspecified atom stereocenters. The number of rotatable bonds is 7. The Morgan fingerprint density at radius 1 is 1.29 bits per heavy atom. The zero-order chi connectivity index (χ0) is 13.7. The summed E-state index contributed by atoms with van der Waals surface area (Å²) in [6.07, 6.45) is 0.927. The number of nitrogens with two attached hydrogens (primary N) is 1. The SMILES string of the molecule is CCC(C)(C)NC(=O)CN(C)CC(C)(C)CN. The third-order valence-corrected chi connectivity index (χ3v) is 3.03. The molecular weight excluding hydrogens is 214 g/mol. The van der Waals surface area contributed by atoms with Gasteiger partial charge in [0.2, 0.25) is 5.91 Å². The highest BCUT2D eigenvalue weighted by Gasteiger charge is 2.22. The van der Waals surface area contributed by atoms with Gasteiger partial charge < -0.3 is 11.1 Å². The molecule has 0 bridgehead atoms. The zero-order valence-electron chi connectivity index (χ0n) is 12.3. The van der Waals surface area contributed by atoms with Gasteiger partial charge in [0, 0.05) is 12.1 Å². The summed E-state index contributed by atoms with van der Waals surface area (Å²) in [5.41, 5.74) is 5.61. The van der Waals surface area contributed by atoms with Crippen molar-refractivity contribution in [3.05, 3.63) is 0 Å². The molecule has 0 aliphatic carbocycles. The van der Waals surface area contributed by atoms with Crippen LogP contribution in [-0.4, -0.2) is 43.0 Å². The van der Waals surface area contributed by atoms with Crippen LogP contribution in [0.1, 0.15) is 41.0 Å². The van der Waals surface area contributed by atoms with Crippen molar-refractivity contribution >= 4 is 5.91 Å². The largest absolute Gasteiger partial charge is 0.350 e. The lowest BCUT2D eigenvalue weighted by Crippen LogP contribution is -2.48. The van der Waals surface area contributed by atoms with E-state index in [1.165, 1.54) is 0 Å². The van der Waals surface area contributed by atoms with Gasteiger partial charge in [0.1, 0.15) is 0 Å². The van der Waals surface area contributed by atoms with Crippen molar-refractivity contribution in [2.75, 3.05) is 26.7 Å². The van der Waals surface area contributed by atoms with E-state index >= 15 is 0 Å². The molecule has 0 radical (unpaired) electrons. The lowest BCUT2D eigenvalue weighted by Gasteiger charge is -2.30. The predicted molar refractivity (Wildman–Crippen MR) is 72.8 cm³/mol. The van der Waals surface area contributed by atoms with E-state index in [0.717, 1.165) is 13.0 Å². The van der Waals surface area contributed by atoms with Gasteiger partial charge in [-0.15, -0.1) is 0 Å². The van der Waals surface area contributed by atoms with Crippen molar-refractivity contribution in [2.45, 2.75) is 46.6 Å². The smallest absolute Gasteiger partial charge is 0.234 e. The van der Waals surface area contributed by atoms with Gasteiger partial charge in [0.25, 0.3) is 0 Å². The second-order valence-corrected chi connectivity index (χ2v) is 6.33. The quantitative estimate of drug-likeness (QED) is 0.706. The Balaban J connectivity index is 4.13. The van der Waals surface area contributed by atoms with E-state index in [1.807, 2.05) is 25.8 Å². The predicted octanol–water partition coefficient (Wildman–Crippen LogP) is 1.21. The highest BCUT2D eigenvalue weighted by atomic mass is 16.2. The number of amides is 1. The minimum Gasteiger partial charge on any atom is -0.350 e. The molecule has 0 atom stereocenters. The van der Waals surface area contributed by atoms with Crippen molar-refractivity contribution in [3.8, 4) is 0 Å². The number of hydrogen-bond donors (Lipinski definition) is 2. The summed E-state index contributed by atoms with van der Waals surface area (Å²) in [4.78, 5) is 13.8. The first-order valence-electron chi connectivity index (χ1n) is 6.31. The van der Waals surface area contributed by atoms with Crippen molar-refractivity contribution in [2.24, 2.45) is 11.1 Å². The summed E-state index contributed by atoms with van der Waals surface area (Å²) < 4.78 is 0. The van der Waals surface area contributed by atoms with Crippen LogP contribution in [-0.2, 0) is 4.79 Å². The third kappa shape index (κ3) is 7.34. The first-order valence-corrected chi connectivity index (χ1v) is 6.31. The molecule has 0 aliphatic heterocycles. The normalized spacial score (nSPS) is 12.9. The first kappa shape index (κ1) is 16.4. The number of nitrogens with one attached hydrogen (secondary N) is 1. The van der Waals surface area contributed by atoms with Gasteiger partial charge in [0.05, 0.1) is 6.54 Å². The topological polar surface area (TPSA) is 58.4 Å².